The van der Waals surface area contributed by atoms with E-state index in [4.69, 9.17) is 4.74 Å². The van der Waals surface area contributed by atoms with Gasteiger partial charge in [0.15, 0.2) is 0 Å². The van der Waals surface area contributed by atoms with Gasteiger partial charge in [0, 0.05) is 0 Å². The fraction of sp³-hybridized carbons (Fsp3) is 0.900. The zero-order chi connectivity index (χ0) is 10.6. The molecule has 0 aromatic rings. The van der Waals surface area contributed by atoms with E-state index in [-0.39, 0.29) is 10.4 Å². The molecule has 1 heterocycles. The van der Waals surface area contributed by atoms with E-state index in [1.54, 1.807) is 0 Å². The number of hydrogen-bond acceptors (Lipinski definition) is 3. The van der Waals surface area contributed by atoms with E-state index >= 15 is 0 Å². The SMILES string of the molecule is CC(C)(C)OC(=O)[AsH]C1CCNCC1. The predicted molar refractivity (Wildman–Crippen MR) is 59.2 cm³/mol. The minimum absolute atomic E-state index is 0.0735. The molecule has 0 saturated carbocycles. The van der Waals surface area contributed by atoms with Gasteiger partial charge in [-0.05, 0) is 0 Å². The summed E-state index contributed by atoms with van der Waals surface area (Å²) in [6, 6.07) is 0. The van der Waals surface area contributed by atoms with Crippen LogP contribution in [0, 0.1) is 0 Å². The van der Waals surface area contributed by atoms with Crippen LogP contribution in [0.1, 0.15) is 33.6 Å². The third kappa shape index (κ3) is 5.02. The Bertz CT molecular complexity index is 195. The van der Waals surface area contributed by atoms with Crippen LogP contribution in [-0.2, 0) is 4.74 Å². The summed E-state index contributed by atoms with van der Waals surface area (Å²) in [5.74, 6) is 0. The Balaban J connectivity index is 2.25. The summed E-state index contributed by atoms with van der Waals surface area (Å²) in [6.45, 7) is 7.92. The fourth-order valence-electron chi connectivity index (χ4n) is 1.44. The molecule has 1 aliphatic rings. The van der Waals surface area contributed by atoms with Crippen molar-refractivity contribution in [1.82, 2.24) is 5.32 Å². The number of piperidine rings is 1. The van der Waals surface area contributed by atoms with Gasteiger partial charge in [-0.15, -0.1) is 0 Å². The second-order valence-electron chi connectivity index (χ2n) is 4.67. The number of carbonyl (C=O) groups is 1. The third-order valence-electron chi connectivity index (χ3n) is 2.06. The van der Waals surface area contributed by atoms with Gasteiger partial charge in [0.05, 0.1) is 0 Å². The standard InChI is InChI=1S/C10H20AsNO2/c1-10(2,3)14-9(13)11-8-4-6-12-7-5-8/h8,11-12H,4-7H2,1-3H3. The number of rotatable bonds is 2. The molecule has 0 aromatic heterocycles. The number of hydrogen-bond donors (Lipinski definition) is 1. The monoisotopic (exact) mass is 261 g/mol. The van der Waals surface area contributed by atoms with Gasteiger partial charge in [-0.1, -0.05) is 0 Å². The zero-order valence-electron chi connectivity index (χ0n) is 9.22. The molecule has 3 nitrogen and oxygen atoms in total. The van der Waals surface area contributed by atoms with Gasteiger partial charge in [-0.2, -0.15) is 0 Å². The molecule has 1 atom stereocenters. The van der Waals surface area contributed by atoms with Crippen molar-refractivity contribution >= 4 is 20.5 Å². The number of carbonyl (C=O) groups excluding carboxylic acids is 1. The third-order valence-corrected chi connectivity index (χ3v) is 4.84. The van der Waals surface area contributed by atoms with Gasteiger partial charge in [0.25, 0.3) is 0 Å². The summed E-state index contributed by atoms with van der Waals surface area (Å²) >= 11 is -0.564. The van der Waals surface area contributed by atoms with Gasteiger partial charge in [0.1, 0.15) is 0 Å². The van der Waals surface area contributed by atoms with Gasteiger partial charge < -0.3 is 0 Å². The molecule has 1 fully saturated rings. The van der Waals surface area contributed by atoms with Crippen LogP contribution in [-0.4, -0.2) is 39.2 Å². The van der Waals surface area contributed by atoms with Gasteiger partial charge >= 0.3 is 92.4 Å². The fourth-order valence-corrected chi connectivity index (χ4v) is 4.12. The maximum absolute atomic E-state index is 11.5. The number of nitrogens with one attached hydrogen (secondary N) is 1. The molecule has 82 valence electrons. The zero-order valence-corrected chi connectivity index (χ0v) is 11.3. The summed E-state index contributed by atoms with van der Waals surface area (Å²) in [5, 5.41) is 3.30. The molecule has 0 aliphatic carbocycles. The first kappa shape index (κ1) is 12.1. The second kappa shape index (κ2) is 5.18. The first-order valence-electron chi connectivity index (χ1n) is 5.17. The molecule has 4 heteroatoms. The van der Waals surface area contributed by atoms with Crippen molar-refractivity contribution in [2.75, 3.05) is 13.1 Å². The molecule has 1 N–H and O–H groups in total. The first-order chi connectivity index (χ1) is 6.47. The summed E-state index contributed by atoms with van der Waals surface area (Å²) in [6.07, 6.45) is 2.30. The molecule has 0 spiro atoms. The van der Waals surface area contributed by atoms with Crippen molar-refractivity contribution in [1.29, 1.82) is 0 Å². The molecular weight excluding hydrogens is 241 g/mol. The molecular formula is C10H20AsNO2. The van der Waals surface area contributed by atoms with Crippen molar-refractivity contribution in [2.45, 2.75) is 43.9 Å². The van der Waals surface area contributed by atoms with E-state index in [0.717, 1.165) is 25.9 Å². The van der Waals surface area contributed by atoms with Crippen LogP contribution in [0.5, 0.6) is 0 Å². The van der Waals surface area contributed by atoms with Crippen LogP contribution in [0.15, 0.2) is 0 Å². The van der Waals surface area contributed by atoms with E-state index in [1.165, 1.54) is 0 Å². The molecule has 0 radical (unpaired) electrons. The Morgan fingerprint density at radius 3 is 2.43 bits per heavy atom. The molecule has 0 aromatic carbocycles. The van der Waals surface area contributed by atoms with Crippen LogP contribution < -0.4 is 5.32 Å². The van der Waals surface area contributed by atoms with Crippen molar-refractivity contribution < 1.29 is 9.53 Å². The van der Waals surface area contributed by atoms with E-state index in [2.05, 4.69) is 5.32 Å². The molecule has 1 aliphatic heterocycles. The Morgan fingerprint density at radius 1 is 1.36 bits per heavy atom. The van der Waals surface area contributed by atoms with Crippen molar-refractivity contribution in [3.63, 3.8) is 0 Å². The Morgan fingerprint density at radius 2 is 1.93 bits per heavy atom. The number of ether oxygens (including phenoxy) is 1. The average Bonchev–Trinajstić information content (AvgIpc) is 2.02. The van der Waals surface area contributed by atoms with E-state index < -0.39 is 15.8 Å². The van der Waals surface area contributed by atoms with Crippen LogP contribution in [0.2, 0.25) is 4.71 Å². The Labute approximate surface area is 92.7 Å². The van der Waals surface area contributed by atoms with Crippen LogP contribution in [0.3, 0.4) is 0 Å². The summed E-state index contributed by atoms with van der Waals surface area (Å²) < 4.78 is 6.05. The quantitative estimate of drug-likeness (QED) is 0.766. The Kier molecular flexibility index (Phi) is 4.46. The molecule has 0 amide bonds. The minimum atomic E-state index is -0.564. The molecule has 0 bridgehead atoms. The second-order valence-corrected chi connectivity index (χ2v) is 7.85. The van der Waals surface area contributed by atoms with Crippen molar-refractivity contribution in [3.8, 4) is 0 Å². The summed E-state index contributed by atoms with van der Waals surface area (Å²) in [4.78, 5) is 11.5. The molecule has 1 saturated heterocycles. The van der Waals surface area contributed by atoms with E-state index in [0.29, 0.717) is 4.71 Å². The predicted octanol–water partition coefficient (Wildman–Crippen LogP) is 1.53. The van der Waals surface area contributed by atoms with Gasteiger partial charge in [-0.3, -0.25) is 0 Å². The summed E-state index contributed by atoms with van der Waals surface area (Å²) in [7, 11) is 0. The van der Waals surface area contributed by atoms with Gasteiger partial charge in [0.2, 0.25) is 0 Å². The first-order valence-corrected chi connectivity index (χ1v) is 7.44. The van der Waals surface area contributed by atoms with Crippen LogP contribution >= 0.6 is 0 Å². The van der Waals surface area contributed by atoms with Crippen molar-refractivity contribution in [3.05, 3.63) is 0 Å². The van der Waals surface area contributed by atoms with Crippen LogP contribution in [0.4, 0.5) is 4.79 Å². The molecule has 14 heavy (non-hydrogen) atoms. The van der Waals surface area contributed by atoms with Crippen molar-refractivity contribution in [2.24, 2.45) is 0 Å². The van der Waals surface area contributed by atoms with Gasteiger partial charge in [-0.25, -0.2) is 0 Å². The van der Waals surface area contributed by atoms with Crippen LogP contribution in [0.25, 0.3) is 0 Å². The maximum atomic E-state index is 11.5. The summed E-state index contributed by atoms with van der Waals surface area (Å²) in [5.41, 5.74) is -0.312. The Hall–Kier alpha value is -0.0116. The average molecular weight is 261 g/mol. The van der Waals surface area contributed by atoms with E-state index in [9.17, 15) is 4.79 Å². The molecule has 1 unspecified atom stereocenters. The van der Waals surface area contributed by atoms with E-state index in [1.807, 2.05) is 20.8 Å². The topological polar surface area (TPSA) is 38.3 Å². The normalized spacial score (nSPS) is 20.2. The molecule has 1 rings (SSSR count).